The molecule has 1 heterocycles. The second kappa shape index (κ2) is 3.51. The molecular weight excluding hydrogens is 253 g/mol. The molecule has 0 saturated heterocycles. The molecule has 0 fully saturated rings. The van der Waals surface area contributed by atoms with E-state index in [9.17, 15) is 4.79 Å². The summed E-state index contributed by atoms with van der Waals surface area (Å²) in [5, 5.41) is 0. The van der Waals surface area contributed by atoms with Gasteiger partial charge in [0.25, 0.3) is 0 Å². The Morgan fingerprint density at radius 2 is 2.45 bits per heavy atom. The molecule has 0 atom stereocenters. The average molecular weight is 257 g/mol. The van der Waals surface area contributed by atoms with Crippen LogP contribution in [0.15, 0.2) is 4.60 Å². The minimum Gasteiger partial charge on any atom is -0.465 e. The topological polar surface area (TPSA) is 39.2 Å². The van der Waals surface area contributed by atoms with E-state index < -0.39 is 5.97 Å². The molecule has 0 amide bonds. The summed E-state index contributed by atoms with van der Waals surface area (Å²) in [6.07, 6.45) is 0. The van der Waals surface area contributed by atoms with Crippen molar-refractivity contribution in [3.05, 3.63) is 13.9 Å². The smallest absolute Gasteiger partial charge is 0.350 e. The highest BCUT2D eigenvalue weighted by atomic mass is 79.9. The lowest BCUT2D eigenvalue weighted by Crippen LogP contribution is -1.98. The highest BCUT2D eigenvalue weighted by molar-refractivity contribution is 9.10. The van der Waals surface area contributed by atoms with E-state index in [1.54, 1.807) is 0 Å². The molecule has 0 N–H and O–H groups in total. The molecular formula is C5H3BrClNO2S. The number of halogens is 2. The van der Waals surface area contributed by atoms with Crippen molar-refractivity contribution >= 4 is 44.8 Å². The van der Waals surface area contributed by atoms with Gasteiger partial charge in [0.1, 0.15) is 9.48 Å². The Hall–Kier alpha value is -0.130. The summed E-state index contributed by atoms with van der Waals surface area (Å²) in [7, 11) is 1.31. The van der Waals surface area contributed by atoms with Crippen LogP contribution in [0, 0.1) is 0 Å². The number of methoxy groups -OCH3 is 1. The van der Waals surface area contributed by atoms with Crippen molar-refractivity contribution in [1.82, 2.24) is 4.98 Å². The molecule has 0 bridgehead atoms. The number of rotatable bonds is 1. The van der Waals surface area contributed by atoms with Gasteiger partial charge in [-0.1, -0.05) is 22.9 Å². The van der Waals surface area contributed by atoms with Crippen LogP contribution >= 0.6 is 38.9 Å². The predicted octanol–water partition coefficient (Wildman–Crippen LogP) is 2.35. The van der Waals surface area contributed by atoms with E-state index in [1.807, 2.05) is 0 Å². The maximum absolute atomic E-state index is 10.9. The van der Waals surface area contributed by atoms with Gasteiger partial charge in [-0.3, -0.25) is 0 Å². The van der Waals surface area contributed by atoms with Crippen LogP contribution in [-0.2, 0) is 4.74 Å². The third-order valence-corrected chi connectivity index (χ3v) is 2.91. The number of thiazole rings is 1. The van der Waals surface area contributed by atoms with Gasteiger partial charge >= 0.3 is 5.97 Å². The van der Waals surface area contributed by atoms with Gasteiger partial charge in [-0.05, 0) is 15.9 Å². The first-order valence-electron chi connectivity index (χ1n) is 2.55. The number of carbonyl (C=O) groups excluding carboxylic acids is 1. The summed E-state index contributed by atoms with van der Waals surface area (Å²) >= 11 is 9.69. The molecule has 60 valence electrons. The van der Waals surface area contributed by atoms with Crippen LogP contribution in [0.2, 0.25) is 4.47 Å². The van der Waals surface area contributed by atoms with Gasteiger partial charge in [0.2, 0.25) is 0 Å². The van der Waals surface area contributed by atoms with Crippen LogP contribution in [0.4, 0.5) is 0 Å². The number of hydrogen-bond acceptors (Lipinski definition) is 4. The molecule has 0 aliphatic carbocycles. The molecule has 0 aliphatic rings. The van der Waals surface area contributed by atoms with Crippen molar-refractivity contribution < 1.29 is 9.53 Å². The Morgan fingerprint density at radius 1 is 1.82 bits per heavy atom. The summed E-state index contributed by atoms with van der Waals surface area (Å²) in [4.78, 5) is 15.1. The zero-order valence-corrected chi connectivity index (χ0v) is 8.59. The number of hydrogen-bond donors (Lipinski definition) is 0. The van der Waals surface area contributed by atoms with Gasteiger partial charge in [0, 0.05) is 0 Å². The second-order valence-corrected chi connectivity index (χ2v) is 3.91. The monoisotopic (exact) mass is 255 g/mol. The van der Waals surface area contributed by atoms with Gasteiger partial charge in [-0.25, -0.2) is 9.78 Å². The number of carbonyl (C=O) groups is 1. The third kappa shape index (κ3) is 1.91. The van der Waals surface area contributed by atoms with Crippen molar-refractivity contribution in [2.75, 3.05) is 7.11 Å². The van der Waals surface area contributed by atoms with E-state index in [1.165, 1.54) is 7.11 Å². The molecule has 0 radical (unpaired) electrons. The summed E-state index contributed by atoms with van der Waals surface area (Å²) in [6, 6.07) is 0. The van der Waals surface area contributed by atoms with Crippen molar-refractivity contribution in [3.63, 3.8) is 0 Å². The lowest BCUT2D eigenvalue weighted by Gasteiger charge is -1.91. The maximum atomic E-state index is 10.9. The first-order chi connectivity index (χ1) is 5.15. The standard InChI is InChI=1S/C5H3BrClNO2S/c1-10-4(9)2-3(6)8-5(7)11-2/h1H3. The van der Waals surface area contributed by atoms with E-state index in [4.69, 9.17) is 11.6 Å². The van der Waals surface area contributed by atoms with Crippen LogP contribution in [0.1, 0.15) is 9.67 Å². The molecule has 11 heavy (non-hydrogen) atoms. The molecule has 0 unspecified atom stereocenters. The van der Waals surface area contributed by atoms with E-state index in [2.05, 4.69) is 25.7 Å². The molecule has 0 saturated carbocycles. The zero-order chi connectivity index (χ0) is 8.43. The normalized spacial score (nSPS) is 9.73. The Balaban J connectivity index is 3.03. The van der Waals surface area contributed by atoms with E-state index in [0.717, 1.165) is 11.3 Å². The minimum atomic E-state index is -0.429. The SMILES string of the molecule is COC(=O)c1sc(Cl)nc1Br. The molecule has 1 aromatic rings. The molecule has 1 aromatic heterocycles. The van der Waals surface area contributed by atoms with E-state index in [0.29, 0.717) is 13.9 Å². The third-order valence-electron chi connectivity index (χ3n) is 0.930. The molecule has 0 aliphatic heterocycles. The van der Waals surface area contributed by atoms with E-state index >= 15 is 0 Å². The molecule has 1 rings (SSSR count). The lowest BCUT2D eigenvalue weighted by molar-refractivity contribution is 0.0605. The molecule has 0 spiro atoms. The molecule has 3 nitrogen and oxygen atoms in total. The maximum Gasteiger partial charge on any atom is 0.350 e. The number of nitrogens with zero attached hydrogens (tertiary/aromatic N) is 1. The highest BCUT2D eigenvalue weighted by Gasteiger charge is 2.15. The first kappa shape index (κ1) is 8.96. The summed E-state index contributed by atoms with van der Waals surface area (Å²) in [5.74, 6) is -0.429. The zero-order valence-electron chi connectivity index (χ0n) is 5.43. The van der Waals surface area contributed by atoms with Crippen molar-refractivity contribution in [3.8, 4) is 0 Å². The molecule has 0 aromatic carbocycles. The number of aromatic nitrogens is 1. The van der Waals surface area contributed by atoms with Crippen LogP contribution in [0.5, 0.6) is 0 Å². The average Bonchev–Trinajstić information content (AvgIpc) is 2.28. The summed E-state index contributed by atoms with van der Waals surface area (Å²) < 4.78 is 5.22. The number of esters is 1. The lowest BCUT2D eigenvalue weighted by atomic mass is 10.6. The first-order valence-corrected chi connectivity index (χ1v) is 4.54. The Morgan fingerprint density at radius 3 is 2.82 bits per heavy atom. The Labute approximate surface area is 80.5 Å². The Bertz CT molecular complexity index is 288. The predicted molar refractivity (Wildman–Crippen MR) is 46.2 cm³/mol. The largest absolute Gasteiger partial charge is 0.465 e. The van der Waals surface area contributed by atoms with Crippen LogP contribution < -0.4 is 0 Å². The van der Waals surface area contributed by atoms with Gasteiger partial charge < -0.3 is 4.74 Å². The molecule has 6 heteroatoms. The Kier molecular flexibility index (Phi) is 2.86. The van der Waals surface area contributed by atoms with Crippen LogP contribution in [0.3, 0.4) is 0 Å². The van der Waals surface area contributed by atoms with Crippen molar-refractivity contribution in [1.29, 1.82) is 0 Å². The minimum absolute atomic E-state index is 0.317. The summed E-state index contributed by atoms with van der Waals surface area (Å²) in [5.41, 5.74) is 0. The van der Waals surface area contributed by atoms with Gasteiger partial charge in [-0.2, -0.15) is 0 Å². The van der Waals surface area contributed by atoms with Crippen LogP contribution in [0.25, 0.3) is 0 Å². The van der Waals surface area contributed by atoms with Gasteiger partial charge in [0.05, 0.1) is 7.11 Å². The summed E-state index contributed by atoms with van der Waals surface area (Å²) in [6.45, 7) is 0. The second-order valence-electron chi connectivity index (χ2n) is 1.58. The van der Waals surface area contributed by atoms with Crippen molar-refractivity contribution in [2.45, 2.75) is 0 Å². The fraction of sp³-hybridized carbons (Fsp3) is 0.200. The fourth-order valence-electron chi connectivity index (χ4n) is 0.496. The quantitative estimate of drug-likeness (QED) is 0.724. The van der Waals surface area contributed by atoms with Crippen molar-refractivity contribution in [2.24, 2.45) is 0 Å². The number of ether oxygens (including phenoxy) is 1. The fourth-order valence-corrected chi connectivity index (χ4v) is 2.22. The van der Waals surface area contributed by atoms with Gasteiger partial charge in [0.15, 0.2) is 4.47 Å². The highest BCUT2D eigenvalue weighted by Crippen LogP contribution is 2.27. The van der Waals surface area contributed by atoms with Crippen LogP contribution in [-0.4, -0.2) is 18.1 Å². The van der Waals surface area contributed by atoms with Gasteiger partial charge in [-0.15, -0.1) is 0 Å². The van der Waals surface area contributed by atoms with E-state index in [-0.39, 0.29) is 0 Å².